The van der Waals surface area contributed by atoms with E-state index in [1.54, 1.807) is 0 Å². The number of alkyl halides is 3. The molecule has 2 N–H and O–H groups in total. The number of nitrogens with one attached hydrogen (secondary N) is 1. The second-order valence-electron chi connectivity index (χ2n) is 4.19. The summed E-state index contributed by atoms with van der Waals surface area (Å²) in [7, 11) is 0. The maximum absolute atomic E-state index is 12.8. The highest BCUT2D eigenvalue weighted by atomic mass is 19.4. The van der Waals surface area contributed by atoms with E-state index in [4.69, 9.17) is 5.11 Å². The van der Waals surface area contributed by atoms with Gasteiger partial charge >= 0.3 is 6.18 Å². The lowest BCUT2D eigenvalue weighted by molar-refractivity contribution is -0.137. The van der Waals surface area contributed by atoms with Gasteiger partial charge in [-0.25, -0.2) is 0 Å². The number of amides is 1. The van der Waals surface area contributed by atoms with Gasteiger partial charge in [-0.15, -0.1) is 0 Å². The van der Waals surface area contributed by atoms with Crippen LogP contribution in [0.15, 0.2) is 42.6 Å². The van der Waals surface area contributed by atoms with Crippen molar-refractivity contribution in [1.82, 2.24) is 4.98 Å². The Labute approximate surface area is 118 Å². The van der Waals surface area contributed by atoms with Gasteiger partial charge in [0.2, 0.25) is 0 Å². The molecule has 7 heteroatoms. The van der Waals surface area contributed by atoms with Gasteiger partial charge in [-0.3, -0.25) is 9.78 Å². The van der Waals surface area contributed by atoms with Crippen LogP contribution in [0.2, 0.25) is 0 Å². The van der Waals surface area contributed by atoms with Crippen molar-refractivity contribution in [2.75, 3.05) is 5.32 Å². The first-order chi connectivity index (χ1) is 9.91. The number of halogens is 3. The molecule has 0 spiro atoms. The van der Waals surface area contributed by atoms with E-state index < -0.39 is 23.2 Å². The number of aliphatic hydroxyl groups is 1. The largest absolute Gasteiger partial charge is 0.417 e. The van der Waals surface area contributed by atoms with Gasteiger partial charge < -0.3 is 10.4 Å². The van der Waals surface area contributed by atoms with Gasteiger partial charge in [0.05, 0.1) is 35.3 Å². The molecule has 0 aliphatic rings. The Hall–Kier alpha value is -2.41. The maximum atomic E-state index is 12.8. The zero-order chi connectivity index (χ0) is 15.5. The van der Waals surface area contributed by atoms with E-state index in [0.29, 0.717) is 5.69 Å². The number of anilines is 1. The summed E-state index contributed by atoms with van der Waals surface area (Å²) in [4.78, 5) is 15.8. The fraction of sp³-hybridized carbons (Fsp3) is 0.143. The molecule has 0 atom stereocenters. The molecule has 0 saturated heterocycles. The Balaban J connectivity index is 2.24. The summed E-state index contributed by atoms with van der Waals surface area (Å²) in [5.41, 5.74) is -0.823. The van der Waals surface area contributed by atoms with Crippen molar-refractivity contribution in [3.8, 4) is 0 Å². The van der Waals surface area contributed by atoms with Crippen LogP contribution in [0, 0.1) is 0 Å². The van der Waals surface area contributed by atoms with Gasteiger partial charge in [-0.05, 0) is 24.3 Å². The molecule has 0 aliphatic carbocycles. The van der Waals surface area contributed by atoms with E-state index in [1.165, 1.54) is 30.5 Å². The van der Waals surface area contributed by atoms with Crippen LogP contribution in [-0.2, 0) is 12.8 Å². The Bertz CT molecular complexity index is 639. The first-order valence-corrected chi connectivity index (χ1v) is 5.95. The number of carbonyl (C=O) groups is 1. The molecule has 1 amide bonds. The first-order valence-electron chi connectivity index (χ1n) is 5.95. The summed E-state index contributed by atoms with van der Waals surface area (Å²) in [5, 5.41) is 11.2. The summed E-state index contributed by atoms with van der Waals surface area (Å²) in [6, 6.07) is 7.45. The SMILES string of the molecule is O=C(Nc1ccc(CO)nc1)c1ccccc1C(F)(F)F. The Morgan fingerprint density at radius 2 is 1.90 bits per heavy atom. The van der Waals surface area contributed by atoms with E-state index >= 15 is 0 Å². The average Bonchev–Trinajstić information content (AvgIpc) is 2.47. The van der Waals surface area contributed by atoms with Crippen LogP contribution in [0.25, 0.3) is 0 Å². The van der Waals surface area contributed by atoms with Crippen molar-refractivity contribution < 1.29 is 23.1 Å². The van der Waals surface area contributed by atoms with Crippen LogP contribution in [-0.4, -0.2) is 16.0 Å². The topological polar surface area (TPSA) is 62.2 Å². The van der Waals surface area contributed by atoms with Crippen molar-refractivity contribution in [3.05, 3.63) is 59.4 Å². The number of aromatic nitrogens is 1. The van der Waals surface area contributed by atoms with E-state index in [-0.39, 0.29) is 12.3 Å². The van der Waals surface area contributed by atoms with E-state index in [0.717, 1.165) is 12.1 Å². The fourth-order valence-corrected chi connectivity index (χ4v) is 1.72. The third kappa shape index (κ3) is 3.57. The highest BCUT2D eigenvalue weighted by molar-refractivity contribution is 6.05. The second-order valence-corrected chi connectivity index (χ2v) is 4.19. The van der Waals surface area contributed by atoms with Gasteiger partial charge in [0.15, 0.2) is 0 Å². The van der Waals surface area contributed by atoms with Crippen molar-refractivity contribution in [2.24, 2.45) is 0 Å². The fourth-order valence-electron chi connectivity index (χ4n) is 1.72. The molecule has 1 aromatic heterocycles. The van der Waals surface area contributed by atoms with Gasteiger partial charge in [0, 0.05) is 0 Å². The normalized spacial score (nSPS) is 11.2. The molecule has 0 unspecified atom stereocenters. The smallest absolute Gasteiger partial charge is 0.390 e. The quantitative estimate of drug-likeness (QED) is 0.915. The third-order valence-corrected chi connectivity index (χ3v) is 2.72. The number of hydrogen-bond acceptors (Lipinski definition) is 3. The Morgan fingerprint density at radius 1 is 1.19 bits per heavy atom. The minimum absolute atomic E-state index is 0.245. The molecule has 0 bridgehead atoms. The summed E-state index contributed by atoms with van der Waals surface area (Å²) < 4.78 is 38.5. The van der Waals surface area contributed by atoms with Crippen molar-refractivity contribution in [1.29, 1.82) is 0 Å². The molecular formula is C14H11F3N2O2. The summed E-state index contributed by atoms with van der Waals surface area (Å²) in [5.74, 6) is -0.874. The van der Waals surface area contributed by atoms with E-state index in [1.807, 2.05) is 0 Å². The molecule has 1 aromatic carbocycles. The lowest BCUT2D eigenvalue weighted by Crippen LogP contribution is -2.18. The number of pyridine rings is 1. The van der Waals surface area contributed by atoms with Crippen LogP contribution in [0.4, 0.5) is 18.9 Å². The minimum Gasteiger partial charge on any atom is -0.390 e. The van der Waals surface area contributed by atoms with Gasteiger partial charge in [0.1, 0.15) is 0 Å². The van der Waals surface area contributed by atoms with Gasteiger partial charge in [-0.2, -0.15) is 13.2 Å². The number of aliphatic hydroxyl groups excluding tert-OH is 1. The Kier molecular flexibility index (Phi) is 4.23. The number of hydrogen-bond donors (Lipinski definition) is 2. The van der Waals surface area contributed by atoms with Crippen molar-refractivity contribution >= 4 is 11.6 Å². The molecule has 0 aliphatic heterocycles. The lowest BCUT2D eigenvalue weighted by atomic mass is 10.1. The molecule has 0 fully saturated rings. The monoisotopic (exact) mass is 296 g/mol. The number of carbonyl (C=O) groups excluding carboxylic acids is 1. The third-order valence-electron chi connectivity index (χ3n) is 2.72. The predicted octanol–water partition coefficient (Wildman–Crippen LogP) is 2.85. The van der Waals surface area contributed by atoms with Gasteiger partial charge in [-0.1, -0.05) is 12.1 Å². The molecule has 2 rings (SSSR count). The van der Waals surface area contributed by atoms with Gasteiger partial charge in [0.25, 0.3) is 5.91 Å². The van der Waals surface area contributed by atoms with Crippen molar-refractivity contribution in [2.45, 2.75) is 12.8 Å². The maximum Gasteiger partial charge on any atom is 0.417 e. The summed E-state index contributed by atoms with van der Waals surface area (Å²) in [6.45, 7) is -0.259. The molecule has 1 heterocycles. The summed E-state index contributed by atoms with van der Waals surface area (Å²) in [6.07, 6.45) is -3.34. The molecule has 21 heavy (non-hydrogen) atoms. The van der Waals surface area contributed by atoms with E-state index in [9.17, 15) is 18.0 Å². The zero-order valence-corrected chi connectivity index (χ0v) is 10.7. The van der Waals surface area contributed by atoms with E-state index in [2.05, 4.69) is 10.3 Å². The summed E-state index contributed by atoms with van der Waals surface area (Å²) >= 11 is 0. The molecule has 0 radical (unpaired) electrons. The first kappa shape index (κ1) is 15.0. The predicted molar refractivity (Wildman–Crippen MR) is 69.6 cm³/mol. The highest BCUT2D eigenvalue weighted by Gasteiger charge is 2.34. The highest BCUT2D eigenvalue weighted by Crippen LogP contribution is 2.32. The number of rotatable bonds is 3. The number of benzene rings is 1. The van der Waals surface area contributed by atoms with Crippen molar-refractivity contribution in [3.63, 3.8) is 0 Å². The molecule has 4 nitrogen and oxygen atoms in total. The van der Waals surface area contributed by atoms with Crippen LogP contribution >= 0.6 is 0 Å². The van der Waals surface area contributed by atoms with Crippen LogP contribution in [0.5, 0.6) is 0 Å². The van der Waals surface area contributed by atoms with Crippen LogP contribution in [0.1, 0.15) is 21.6 Å². The number of nitrogens with zero attached hydrogens (tertiary/aromatic N) is 1. The average molecular weight is 296 g/mol. The van der Waals surface area contributed by atoms with Crippen LogP contribution < -0.4 is 5.32 Å². The molecule has 0 saturated carbocycles. The molecule has 2 aromatic rings. The zero-order valence-electron chi connectivity index (χ0n) is 10.7. The molecular weight excluding hydrogens is 285 g/mol. The standard InChI is InChI=1S/C14H11F3N2O2/c15-14(16,17)12-4-2-1-3-11(12)13(21)19-9-5-6-10(8-20)18-7-9/h1-7,20H,8H2,(H,19,21). The second kappa shape index (κ2) is 5.92. The molecule has 110 valence electrons. The lowest BCUT2D eigenvalue weighted by Gasteiger charge is -2.12. The van der Waals surface area contributed by atoms with Crippen LogP contribution in [0.3, 0.4) is 0 Å². The Morgan fingerprint density at radius 3 is 2.48 bits per heavy atom. The minimum atomic E-state index is -4.60.